The van der Waals surface area contributed by atoms with Crippen LogP contribution in [0.5, 0.6) is 5.75 Å². The Morgan fingerprint density at radius 3 is 2.71 bits per heavy atom. The SMILES string of the molecule is CCOC(=O)COc1ccc(Br)cc1C=C1SC(=O)N(CC)C1=O. The first-order valence-corrected chi connectivity index (χ1v) is 8.90. The van der Waals surface area contributed by atoms with Gasteiger partial charge in [0, 0.05) is 16.6 Å². The topological polar surface area (TPSA) is 72.9 Å². The van der Waals surface area contributed by atoms with Crippen molar-refractivity contribution in [1.82, 2.24) is 4.90 Å². The molecule has 2 amide bonds. The van der Waals surface area contributed by atoms with Crippen LogP contribution in [0.15, 0.2) is 27.6 Å². The van der Waals surface area contributed by atoms with Crippen LogP contribution in [0.3, 0.4) is 0 Å². The highest BCUT2D eigenvalue weighted by Crippen LogP contribution is 2.34. The Bertz CT molecular complexity index is 704. The standard InChI is InChI=1S/C16H16BrNO5S/c1-3-18-15(20)13(24-16(18)21)8-10-7-11(17)5-6-12(10)23-9-14(19)22-4-2/h5-8H,3-4,9H2,1-2H3. The van der Waals surface area contributed by atoms with E-state index in [0.29, 0.717) is 22.8 Å². The van der Waals surface area contributed by atoms with Crippen LogP contribution in [-0.2, 0) is 14.3 Å². The predicted molar refractivity (Wildman–Crippen MR) is 94.6 cm³/mol. The first kappa shape index (κ1) is 18.5. The number of carbonyl (C=O) groups excluding carboxylic acids is 3. The number of esters is 1. The molecule has 0 bridgehead atoms. The summed E-state index contributed by atoms with van der Waals surface area (Å²) in [5.41, 5.74) is 0.593. The lowest BCUT2D eigenvalue weighted by Crippen LogP contribution is -2.27. The molecule has 0 aliphatic carbocycles. The minimum Gasteiger partial charge on any atom is -0.481 e. The number of benzene rings is 1. The van der Waals surface area contributed by atoms with Crippen molar-refractivity contribution in [3.8, 4) is 5.75 Å². The van der Waals surface area contributed by atoms with Crippen molar-refractivity contribution in [2.75, 3.05) is 19.8 Å². The number of nitrogens with zero attached hydrogens (tertiary/aromatic N) is 1. The van der Waals surface area contributed by atoms with Gasteiger partial charge >= 0.3 is 5.97 Å². The highest BCUT2D eigenvalue weighted by molar-refractivity contribution is 9.10. The van der Waals surface area contributed by atoms with Crippen LogP contribution in [0.1, 0.15) is 19.4 Å². The lowest BCUT2D eigenvalue weighted by molar-refractivity contribution is -0.145. The Kier molecular flexibility index (Phi) is 6.44. The molecule has 1 aliphatic rings. The summed E-state index contributed by atoms with van der Waals surface area (Å²) in [4.78, 5) is 36.9. The van der Waals surface area contributed by atoms with Crippen molar-refractivity contribution in [2.24, 2.45) is 0 Å². The molecular formula is C16H16BrNO5S. The number of amides is 2. The lowest BCUT2D eigenvalue weighted by atomic mass is 10.2. The molecule has 0 spiro atoms. The average molecular weight is 414 g/mol. The Morgan fingerprint density at radius 1 is 1.33 bits per heavy atom. The van der Waals surface area contributed by atoms with Gasteiger partial charge in [0.05, 0.1) is 11.5 Å². The predicted octanol–water partition coefficient (Wildman–Crippen LogP) is 3.45. The number of hydrogen-bond donors (Lipinski definition) is 0. The van der Waals surface area contributed by atoms with E-state index in [1.165, 1.54) is 4.90 Å². The molecule has 1 fully saturated rings. The molecule has 0 radical (unpaired) electrons. The van der Waals surface area contributed by atoms with E-state index >= 15 is 0 Å². The zero-order chi connectivity index (χ0) is 17.7. The van der Waals surface area contributed by atoms with Gasteiger partial charge in [-0.15, -0.1) is 0 Å². The van der Waals surface area contributed by atoms with E-state index in [9.17, 15) is 14.4 Å². The fraction of sp³-hybridized carbons (Fsp3) is 0.312. The molecule has 0 N–H and O–H groups in total. The van der Waals surface area contributed by atoms with Crippen LogP contribution in [0.2, 0.25) is 0 Å². The second kappa shape index (κ2) is 8.34. The van der Waals surface area contributed by atoms with Gasteiger partial charge in [-0.25, -0.2) is 4.79 Å². The monoisotopic (exact) mass is 413 g/mol. The van der Waals surface area contributed by atoms with Crippen LogP contribution < -0.4 is 4.74 Å². The summed E-state index contributed by atoms with van der Waals surface area (Å²) < 4.78 is 11.1. The van der Waals surface area contributed by atoms with Gasteiger partial charge in [-0.05, 0) is 49.9 Å². The largest absolute Gasteiger partial charge is 0.481 e. The van der Waals surface area contributed by atoms with Gasteiger partial charge in [-0.2, -0.15) is 0 Å². The minimum atomic E-state index is -0.474. The summed E-state index contributed by atoms with van der Waals surface area (Å²) >= 11 is 4.24. The van der Waals surface area contributed by atoms with E-state index < -0.39 is 5.97 Å². The maximum absolute atomic E-state index is 12.2. The third-order valence-corrected chi connectivity index (χ3v) is 4.50. The third kappa shape index (κ3) is 4.39. The van der Waals surface area contributed by atoms with Crippen molar-refractivity contribution < 1.29 is 23.9 Å². The Hall–Kier alpha value is -1.80. The highest BCUT2D eigenvalue weighted by atomic mass is 79.9. The van der Waals surface area contributed by atoms with Crippen molar-refractivity contribution >= 4 is 50.9 Å². The summed E-state index contributed by atoms with van der Waals surface area (Å²) in [6.45, 7) is 3.83. The van der Waals surface area contributed by atoms with E-state index in [1.807, 2.05) is 0 Å². The summed E-state index contributed by atoms with van der Waals surface area (Å²) in [6.07, 6.45) is 1.59. The molecule has 0 atom stereocenters. The normalized spacial score (nSPS) is 16.0. The molecule has 1 heterocycles. The van der Waals surface area contributed by atoms with Crippen LogP contribution in [0.25, 0.3) is 6.08 Å². The van der Waals surface area contributed by atoms with Gasteiger partial charge in [0.15, 0.2) is 6.61 Å². The van der Waals surface area contributed by atoms with Crippen molar-refractivity contribution in [1.29, 1.82) is 0 Å². The van der Waals surface area contributed by atoms with Crippen molar-refractivity contribution in [2.45, 2.75) is 13.8 Å². The van der Waals surface area contributed by atoms with Crippen LogP contribution in [-0.4, -0.2) is 41.8 Å². The molecule has 2 rings (SSSR count). The number of ether oxygens (including phenoxy) is 2. The van der Waals surface area contributed by atoms with Gasteiger partial charge in [-0.3, -0.25) is 14.5 Å². The van der Waals surface area contributed by atoms with Gasteiger partial charge in [0.2, 0.25) is 0 Å². The zero-order valence-corrected chi connectivity index (χ0v) is 15.6. The quantitative estimate of drug-likeness (QED) is 0.525. The minimum absolute atomic E-state index is 0.229. The summed E-state index contributed by atoms with van der Waals surface area (Å²) in [5, 5.41) is -0.294. The molecule has 0 aromatic heterocycles. The van der Waals surface area contributed by atoms with Gasteiger partial charge in [0.25, 0.3) is 11.1 Å². The van der Waals surface area contributed by atoms with E-state index in [0.717, 1.165) is 16.2 Å². The summed E-state index contributed by atoms with van der Waals surface area (Å²) in [5.74, 6) is -0.379. The van der Waals surface area contributed by atoms with Crippen LogP contribution in [0.4, 0.5) is 4.79 Å². The first-order valence-electron chi connectivity index (χ1n) is 7.29. The molecular weight excluding hydrogens is 398 g/mol. The van der Waals surface area contributed by atoms with E-state index in [2.05, 4.69) is 15.9 Å². The summed E-state index contributed by atoms with van der Waals surface area (Å²) in [7, 11) is 0. The Labute approximate surface area is 152 Å². The maximum Gasteiger partial charge on any atom is 0.344 e. The number of hydrogen-bond acceptors (Lipinski definition) is 6. The molecule has 0 saturated carbocycles. The number of likely N-dealkylation sites (N-methyl/N-ethyl adjacent to an activating group) is 1. The lowest BCUT2D eigenvalue weighted by Gasteiger charge is -2.10. The fourth-order valence-corrected chi connectivity index (χ4v) is 3.29. The molecule has 1 saturated heterocycles. The highest BCUT2D eigenvalue weighted by Gasteiger charge is 2.33. The van der Waals surface area contributed by atoms with Crippen molar-refractivity contribution in [3.05, 3.63) is 33.1 Å². The molecule has 128 valence electrons. The fourth-order valence-electron chi connectivity index (χ4n) is 2.02. The number of carbonyl (C=O) groups is 3. The summed E-state index contributed by atoms with van der Waals surface area (Å²) in [6, 6.07) is 5.19. The number of imide groups is 1. The molecule has 24 heavy (non-hydrogen) atoms. The van der Waals surface area contributed by atoms with E-state index in [4.69, 9.17) is 9.47 Å². The third-order valence-electron chi connectivity index (χ3n) is 3.10. The molecule has 1 aromatic carbocycles. The second-order valence-electron chi connectivity index (χ2n) is 4.70. The molecule has 8 heteroatoms. The van der Waals surface area contributed by atoms with E-state index in [-0.39, 0.29) is 24.4 Å². The zero-order valence-electron chi connectivity index (χ0n) is 13.2. The molecule has 6 nitrogen and oxygen atoms in total. The van der Waals surface area contributed by atoms with Crippen molar-refractivity contribution in [3.63, 3.8) is 0 Å². The number of rotatable bonds is 6. The van der Waals surface area contributed by atoms with Gasteiger partial charge in [0.1, 0.15) is 5.75 Å². The van der Waals surface area contributed by atoms with Crippen LogP contribution >= 0.6 is 27.7 Å². The average Bonchev–Trinajstić information content (AvgIpc) is 2.80. The second-order valence-corrected chi connectivity index (χ2v) is 6.61. The molecule has 1 aliphatic heterocycles. The number of thioether (sulfide) groups is 1. The Morgan fingerprint density at radius 2 is 2.08 bits per heavy atom. The smallest absolute Gasteiger partial charge is 0.344 e. The van der Waals surface area contributed by atoms with E-state index in [1.54, 1.807) is 38.1 Å². The number of halogens is 1. The van der Waals surface area contributed by atoms with Gasteiger partial charge in [-0.1, -0.05) is 15.9 Å². The maximum atomic E-state index is 12.2. The van der Waals surface area contributed by atoms with Gasteiger partial charge < -0.3 is 9.47 Å². The molecule has 1 aromatic rings. The Balaban J connectivity index is 2.25. The molecule has 0 unspecified atom stereocenters. The van der Waals surface area contributed by atoms with Crippen LogP contribution in [0, 0.1) is 0 Å². The first-order chi connectivity index (χ1) is 11.5.